The van der Waals surface area contributed by atoms with E-state index in [9.17, 15) is 0 Å². The van der Waals surface area contributed by atoms with Crippen molar-refractivity contribution in [3.8, 4) is 32.7 Å². The van der Waals surface area contributed by atoms with Gasteiger partial charge in [0.2, 0.25) is 0 Å². The topological polar surface area (TPSA) is 0 Å². The molecule has 7 aromatic carbocycles. The quantitative estimate of drug-likeness (QED) is 0.107. The van der Waals surface area contributed by atoms with E-state index in [1.54, 1.807) is 0 Å². The molecule has 0 aliphatic heterocycles. The molecule has 9 rings (SSSR count). The van der Waals surface area contributed by atoms with Crippen LogP contribution in [0, 0.1) is 6.92 Å². The standard InChI is InChI=1S/C53H40S2/c1-6-10-19-34(8-3)49-36(9-4)37(18-7-2)51(41-23-14-11-20-38(41)49)45-27-17-26-44-46-32-35(29-31-47(46)55-53(44)45)50-39-21-12-15-24-42(39)52(48-30-28-33(5)54-48)43-25-16-13-22-40(43)50/h6-32H,1,4H2,2-3,5H3/b18-7-,19-10-,34-8+. The molecule has 0 nitrogen and oxygen atoms in total. The van der Waals surface area contributed by atoms with Gasteiger partial charge in [-0.3, -0.25) is 0 Å². The average molecular weight is 741 g/mol. The third kappa shape index (κ3) is 5.64. The smallest absolute Gasteiger partial charge is 0.0434 e. The van der Waals surface area contributed by atoms with Crippen LogP contribution in [0.25, 0.3) is 103 Å². The molecule has 0 amide bonds. The first kappa shape index (κ1) is 34.7. The molecule has 55 heavy (non-hydrogen) atoms. The van der Waals surface area contributed by atoms with Gasteiger partial charge in [-0.05, 0) is 116 Å². The number of fused-ring (bicyclic) bond motifs is 6. The fourth-order valence-corrected chi connectivity index (χ4v) is 10.7. The van der Waals surface area contributed by atoms with E-state index in [2.05, 4.69) is 180 Å². The summed E-state index contributed by atoms with van der Waals surface area (Å²) in [5, 5.41) is 10.2. The van der Waals surface area contributed by atoms with Gasteiger partial charge in [-0.25, -0.2) is 0 Å². The Balaban J connectivity index is 1.32. The molecular weight excluding hydrogens is 701 g/mol. The Morgan fingerprint density at radius 1 is 0.582 bits per heavy atom. The van der Waals surface area contributed by atoms with Crippen molar-refractivity contribution < 1.29 is 0 Å². The summed E-state index contributed by atoms with van der Waals surface area (Å²) in [5.41, 5.74) is 11.0. The summed E-state index contributed by atoms with van der Waals surface area (Å²) in [5.74, 6) is 0. The van der Waals surface area contributed by atoms with Gasteiger partial charge in [-0.2, -0.15) is 0 Å². The Bertz CT molecular complexity index is 3040. The van der Waals surface area contributed by atoms with Crippen molar-refractivity contribution in [1.29, 1.82) is 0 Å². The van der Waals surface area contributed by atoms with Gasteiger partial charge in [0, 0.05) is 41.1 Å². The molecule has 264 valence electrons. The van der Waals surface area contributed by atoms with E-state index in [0.29, 0.717) is 0 Å². The fourth-order valence-electron chi connectivity index (χ4n) is 8.55. The van der Waals surface area contributed by atoms with Gasteiger partial charge in [0.25, 0.3) is 0 Å². The molecule has 2 aromatic heterocycles. The molecule has 0 saturated carbocycles. The molecule has 0 spiro atoms. The Labute approximate surface area is 331 Å². The normalized spacial score (nSPS) is 12.4. The van der Waals surface area contributed by atoms with Crippen molar-refractivity contribution in [2.75, 3.05) is 0 Å². The van der Waals surface area contributed by atoms with E-state index < -0.39 is 0 Å². The number of hydrogen-bond acceptors (Lipinski definition) is 2. The van der Waals surface area contributed by atoms with Crippen LogP contribution in [0.15, 0.2) is 165 Å². The highest BCUT2D eigenvalue weighted by molar-refractivity contribution is 7.26. The van der Waals surface area contributed by atoms with Gasteiger partial charge in [0.15, 0.2) is 0 Å². The number of rotatable bonds is 8. The van der Waals surface area contributed by atoms with E-state index >= 15 is 0 Å². The second kappa shape index (κ2) is 14.3. The highest BCUT2D eigenvalue weighted by atomic mass is 32.1. The maximum absolute atomic E-state index is 4.37. The maximum atomic E-state index is 4.37. The van der Waals surface area contributed by atoms with Gasteiger partial charge < -0.3 is 0 Å². The Morgan fingerprint density at radius 3 is 1.82 bits per heavy atom. The second-order valence-corrected chi connectivity index (χ2v) is 16.3. The zero-order valence-electron chi connectivity index (χ0n) is 31.3. The van der Waals surface area contributed by atoms with Crippen molar-refractivity contribution in [2.45, 2.75) is 20.8 Å². The van der Waals surface area contributed by atoms with Gasteiger partial charge in [0.05, 0.1) is 0 Å². The van der Waals surface area contributed by atoms with Crippen LogP contribution < -0.4 is 0 Å². The minimum absolute atomic E-state index is 1.13. The van der Waals surface area contributed by atoms with E-state index in [1.165, 1.54) is 101 Å². The largest absolute Gasteiger partial charge is 0.141 e. The van der Waals surface area contributed by atoms with Crippen molar-refractivity contribution in [1.82, 2.24) is 0 Å². The molecule has 9 aromatic rings. The number of benzene rings is 7. The molecule has 0 bridgehead atoms. The first-order valence-corrected chi connectivity index (χ1v) is 20.5. The lowest BCUT2D eigenvalue weighted by atomic mass is 9.82. The number of aryl methyl sites for hydroxylation is 1. The third-order valence-corrected chi connectivity index (χ3v) is 13.1. The SMILES string of the molecule is C=C/C=C\C(=C/C)c1c(C=C)c(/C=C\C)c(-c2cccc3c2sc2ccc(-c4c5ccccc5c(-c5ccc(C)s5)c5ccccc45)cc23)c2ccccc12. The summed E-state index contributed by atoms with van der Waals surface area (Å²) in [6, 6.07) is 45.2. The maximum Gasteiger partial charge on any atom is 0.0434 e. The number of hydrogen-bond donors (Lipinski definition) is 0. The molecule has 0 aliphatic rings. The molecule has 2 heterocycles. The molecule has 0 radical (unpaired) electrons. The van der Waals surface area contributed by atoms with Gasteiger partial charge in [0.1, 0.15) is 0 Å². The Kier molecular flexibility index (Phi) is 9.02. The molecule has 0 atom stereocenters. The zero-order chi connectivity index (χ0) is 37.6. The van der Waals surface area contributed by atoms with Crippen LogP contribution >= 0.6 is 22.7 Å². The number of thiophene rings is 2. The van der Waals surface area contributed by atoms with Crippen LogP contribution in [0.5, 0.6) is 0 Å². The highest BCUT2D eigenvalue weighted by Crippen LogP contribution is 2.49. The summed E-state index contributed by atoms with van der Waals surface area (Å²) in [6.07, 6.45) is 14.6. The van der Waals surface area contributed by atoms with Crippen molar-refractivity contribution in [3.63, 3.8) is 0 Å². The summed E-state index contributed by atoms with van der Waals surface area (Å²) in [4.78, 5) is 2.64. The van der Waals surface area contributed by atoms with Gasteiger partial charge in [-0.1, -0.05) is 153 Å². The molecule has 0 unspecified atom stereocenters. The van der Waals surface area contributed by atoms with E-state index in [1.807, 2.05) is 40.9 Å². The van der Waals surface area contributed by atoms with Crippen LogP contribution in [0.2, 0.25) is 0 Å². The van der Waals surface area contributed by atoms with Crippen molar-refractivity contribution in [2.24, 2.45) is 0 Å². The Morgan fingerprint density at radius 2 is 1.22 bits per heavy atom. The van der Waals surface area contributed by atoms with E-state index in [4.69, 9.17) is 0 Å². The fraction of sp³-hybridized carbons (Fsp3) is 0.0566. The first-order chi connectivity index (χ1) is 27.1. The van der Waals surface area contributed by atoms with E-state index in [0.717, 1.165) is 11.1 Å². The highest BCUT2D eigenvalue weighted by Gasteiger charge is 2.22. The third-order valence-electron chi connectivity index (χ3n) is 10.8. The van der Waals surface area contributed by atoms with Crippen LogP contribution in [0.4, 0.5) is 0 Å². The molecule has 0 fully saturated rings. The van der Waals surface area contributed by atoms with Crippen LogP contribution in [-0.2, 0) is 0 Å². The Hall–Kier alpha value is -6.06. The lowest BCUT2D eigenvalue weighted by molar-refractivity contribution is 1.57. The predicted molar refractivity (Wildman–Crippen MR) is 249 cm³/mol. The molecular formula is C53H40S2. The summed E-state index contributed by atoms with van der Waals surface area (Å²) >= 11 is 3.76. The van der Waals surface area contributed by atoms with Crippen molar-refractivity contribution >= 4 is 92.9 Å². The van der Waals surface area contributed by atoms with Gasteiger partial charge >= 0.3 is 0 Å². The lowest BCUT2D eigenvalue weighted by Gasteiger charge is -2.21. The summed E-state index contributed by atoms with van der Waals surface area (Å²) < 4.78 is 2.58. The minimum Gasteiger partial charge on any atom is -0.141 e. The number of allylic oxidation sites excluding steroid dienone is 6. The lowest BCUT2D eigenvalue weighted by Crippen LogP contribution is -1.98. The summed E-state index contributed by atoms with van der Waals surface area (Å²) in [6.45, 7) is 14.7. The molecule has 0 saturated heterocycles. The molecule has 0 aliphatic carbocycles. The monoisotopic (exact) mass is 740 g/mol. The first-order valence-electron chi connectivity index (χ1n) is 18.8. The van der Waals surface area contributed by atoms with Crippen molar-refractivity contribution in [3.05, 3.63) is 186 Å². The molecule has 0 N–H and O–H groups in total. The molecule has 2 heteroatoms. The van der Waals surface area contributed by atoms with Gasteiger partial charge in [-0.15, -0.1) is 22.7 Å². The van der Waals surface area contributed by atoms with Crippen LogP contribution in [0.1, 0.15) is 35.4 Å². The second-order valence-electron chi connectivity index (χ2n) is 13.9. The van der Waals surface area contributed by atoms with E-state index in [-0.39, 0.29) is 0 Å². The zero-order valence-corrected chi connectivity index (χ0v) is 33.0. The average Bonchev–Trinajstić information content (AvgIpc) is 3.83. The predicted octanol–water partition coefficient (Wildman–Crippen LogP) is 16.7. The van der Waals surface area contributed by atoms with Crippen LogP contribution in [-0.4, -0.2) is 0 Å². The van der Waals surface area contributed by atoms with Crippen LogP contribution in [0.3, 0.4) is 0 Å². The summed E-state index contributed by atoms with van der Waals surface area (Å²) in [7, 11) is 0. The minimum atomic E-state index is 1.13.